The van der Waals surface area contributed by atoms with Crippen molar-refractivity contribution in [3.63, 3.8) is 0 Å². The number of halogens is 1. The lowest BCUT2D eigenvalue weighted by Crippen LogP contribution is -2.06. The highest BCUT2D eigenvalue weighted by Gasteiger charge is 2.04. The van der Waals surface area contributed by atoms with Gasteiger partial charge in [0.15, 0.2) is 0 Å². The Morgan fingerprint density at radius 2 is 2.21 bits per heavy atom. The van der Waals surface area contributed by atoms with Crippen LogP contribution in [0.5, 0.6) is 0 Å². The maximum absolute atomic E-state index is 10.5. The van der Waals surface area contributed by atoms with Crippen LogP contribution in [0.2, 0.25) is 0 Å². The molecule has 4 heteroatoms. The van der Waals surface area contributed by atoms with Crippen LogP contribution in [-0.4, -0.2) is 15.6 Å². The van der Waals surface area contributed by atoms with Crippen LogP contribution in [0.1, 0.15) is 0 Å². The Balaban J connectivity index is 2.52. The summed E-state index contributed by atoms with van der Waals surface area (Å²) in [5, 5.41) is 9.71. The molecule has 1 aromatic carbocycles. The summed E-state index contributed by atoms with van der Waals surface area (Å²) >= 11 is 3.37. The molecule has 72 valence electrons. The summed E-state index contributed by atoms with van der Waals surface area (Å²) in [5.41, 5.74) is 0.940. The Kier molecular flexibility index (Phi) is 2.29. The monoisotopic (exact) mass is 253 g/mol. The van der Waals surface area contributed by atoms with Gasteiger partial charge in [-0.15, -0.1) is 0 Å². The van der Waals surface area contributed by atoms with E-state index in [1.54, 1.807) is 10.8 Å². The molecule has 0 atom stereocenters. The van der Waals surface area contributed by atoms with E-state index in [-0.39, 0.29) is 6.54 Å². The summed E-state index contributed by atoms with van der Waals surface area (Å²) in [4.78, 5) is 10.5. The third-order valence-corrected chi connectivity index (χ3v) is 2.53. The number of aromatic nitrogens is 1. The molecular weight excluding hydrogens is 246 g/mol. The van der Waals surface area contributed by atoms with Crippen LogP contribution in [0.3, 0.4) is 0 Å². The van der Waals surface area contributed by atoms with Crippen molar-refractivity contribution in [1.82, 2.24) is 4.57 Å². The number of nitrogens with zero attached hydrogens (tertiary/aromatic N) is 1. The molecule has 0 aliphatic rings. The first-order valence-electron chi connectivity index (χ1n) is 4.13. The van der Waals surface area contributed by atoms with Gasteiger partial charge < -0.3 is 9.67 Å². The summed E-state index contributed by atoms with van der Waals surface area (Å²) in [6, 6.07) is 7.68. The molecule has 0 fully saturated rings. The molecule has 0 saturated carbocycles. The number of carboxylic acids is 1. The number of carboxylic acid groups (broad SMARTS) is 1. The van der Waals surface area contributed by atoms with Gasteiger partial charge in [0.05, 0.1) is 0 Å². The van der Waals surface area contributed by atoms with Crippen molar-refractivity contribution in [1.29, 1.82) is 0 Å². The highest BCUT2D eigenvalue weighted by atomic mass is 79.9. The van der Waals surface area contributed by atoms with Gasteiger partial charge in [0, 0.05) is 21.6 Å². The van der Waals surface area contributed by atoms with Crippen molar-refractivity contribution in [2.45, 2.75) is 6.54 Å². The average molecular weight is 254 g/mol. The zero-order valence-electron chi connectivity index (χ0n) is 7.27. The second-order valence-electron chi connectivity index (χ2n) is 3.04. The van der Waals surface area contributed by atoms with Gasteiger partial charge in [0.1, 0.15) is 6.54 Å². The number of fused-ring (bicyclic) bond motifs is 1. The van der Waals surface area contributed by atoms with Gasteiger partial charge >= 0.3 is 5.97 Å². The molecule has 0 aliphatic heterocycles. The van der Waals surface area contributed by atoms with E-state index >= 15 is 0 Å². The highest BCUT2D eigenvalue weighted by Crippen LogP contribution is 2.20. The third-order valence-electron chi connectivity index (χ3n) is 2.04. The number of hydrogen-bond donors (Lipinski definition) is 1. The number of rotatable bonds is 2. The summed E-state index contributed by atoms with van der Waals surface area (Å²) in [6.07, 6.45) is 1.78. The van der Waals surface area contributed by atoms with E-state index in [0.717, 1.165) is 15.4 Å². The molecule has 0 spiro atoms. The standard InChI is InChI=1S/C10H8BrNO2/c11-8-1-2-9-7(5-8)3-4-12(9)6-10(13)14/h1-5H,6H2,(H,13,14). The molecule has 1 heterocycles. The van der Waals surface area contributed by atoms with Crippen molar-refractivity contribution in [2.75, 3.05) is 0 Å². The predicted molar refractivity (Wildman–Crippen MR) is 57.3 cm³/mol. The second kappa shape index (κ2) is 3.46. The highest BCUT2D eigenvalue weighted by molar-refractivity contribution is 9.10. The molecule has 0 saturated heterocycles. The van der Waals surface area contributed by atoms with E-state index in [9.17, 15) is 4.79 Å². The number of aliphatic carboxylic acids is 1. The quantitative estimate of drug-likeness (QED) is 0.894. The topological polar surface area (TPSA) is 42.2 Å². The number of carbonyl (C=O) groups is 1. The fraction of sp³-hybridized carbons (Fsp3) is 0.100. The molecule has 2 aromatic rings. The van der Waals surface area contributed by atoms with Crippen LogP contribution in [-0.2, 0) is 11.3 Å². The van der Waals surface area contributed by atoms with Gasteiger partial charge in [-0.25, -0.2) is 0 Å². The first kappa shape index (κ1) is 9.27. The summed E-state index contributed by atoms with van der Waals surface area (Å²) in [5.74, 6) is -0.828. The lowest BCUT2D eigenvalue weighted by atomic mass is 10.2. The first-order valence-corrected chi connectivity index (χ1v) is 4.92. The van der Waals surface area contributed by atoms with Crippen LogP contribution in [0.25, 0.3) is 10.9 Å². The van der Waals surface area contributed by atoms with Gasteiger partial charge in [0.25, 0.3) is 0 Å². The van der Waals surface area contributed by atoms with E-state index in [1.165, 1.54) is 0 Å². The van der Waals surface area contributed by atoms with E-state index in [0.29, 0.717) is 0 Å². The molecule has 0 aliphatic carbocycles. The Hall–Kier alpha value is -1.29. The lowest BCUT2D eigenvalue weighted by molar-refractivity contribution is -0.137. The molecule has 0 unspecified atom stereocenters. The summed E-state index contributed by atoms with van der Waals surface area (Å²) in [7, 11) is 0. The van der Waals surface area contributed by atoms with E-state index in [2.05, 4.69) is 15.9 Å². The Labute approximate surface area is 89.1 Å². The van der Waals surface area contributed by atoms with E-state index in [4.69, 9.17) is 5.11 Å². The minimum atomic E-state index is -0.828. The minimum absolute atomic E-state index is 0.00509. The summed E-state index contributed by atoms with van der Waals surface area (Å²) < 4.78 is 2.71. The van der Waals surface area contributed by atoms with Gasteiger partial charge in [-0.3, -0.25) is 4.79 Å². The Morgan fingerprint density at radius 1 is 1.43 bits per heavy atom. The van der Waals surface area contributed by atoms with Crippen molar-refractivity contribution < 1.29 is 9.90 Å². The second-order valence-corrected chi connectivity index (χ2v) is 3.96. The number of hydrogen-bond acceptors (Lipinski definition) is 1. The molecule has 0 amide bonds. The first-order chi connectivity index (χ1) is 6.66. The van der Waals surface area contributed by atoms with Crippen LogP contribution in [0, 0.1) is 0 Å². The zero-order valence-corrected chi connectivity index (χ0v) is 8.86. The van der Waals surface area contributed by atoms with Gasteiger partial charge in [0.2, 0.25) is 0 Å². The Morgan fingerprint density at radius 3 is 2.93 bits per heavy atom. The Bertz CT molecular complexity index is 490. The van der Waals surface area contributed by atoms with Crippen LogP contribution < -0.4 is 0 Å². The average Bonchev–Trinajstić information content (AvgIpc) is 2.47. The molecule has 1 aromatic heterocycles. The fourth-order valence-corrected chi connectivity index (χ4v) is 1.83. The normalized spacial score (nSPS) is 10.6. The molecule has 14 heavy (non-hydrogen) atoms. The van der Waals surface area contributed by atoms with Crippen molar-refractivity contribution in [2.24, 2.45) is 0 Å². The van der Waals surface area contributed by atoms with Crippen LogP contribution >= 0.6 is 15.9 Å². The lowest BCUT2D eigenvalue weighted by Gasteiger charge is -2.00. The maximum atomic E-state index is 10.5. The third kappa shape index (κ3) is 1.65. The molecule has 2 rings (SSSR count). The summed E-state index contributed by atoms with van der Waals surface area (Å²) in [6.45, 7) is 0.00509. The van der Waals surface area contributed by atoms with Crippen LogP contribution in [0.15, 0.2) is 34.9 Å². The molecule has 0 bridgehead atoms. The smallest absolute Gasteiger partial charge is 0.323 e. The van der Waals surface area contributed by atoms with Crippen molar-refractivity contribution >= 4 is 32.8 Å². The SMILES string of the molecule is O=C(O)Cn1ccc2cc(Br)ccc21. The molecule has 3 nitrogen and oxygen atoms in total. The van der Waals surface area contributed by atoms with E-state index < -0.39 is 5.97 Å². The van der Waals surface area contributed by atoms with Gasteiger partial charge in [-0.05, 0) is 24.3 Å². The van der Waals surface area contributed by atoms with Crippen molar-refractivity contribution in [3.8, 4) is 0 Å². The zero-order chi connectivity index (χ0) is 10.1. The molecule has 0 radical (unpaired) electrons. The van der Waals surface area contributed by atoms with Crippen LogP contribution in [0.4, 0.5) is 0 Å². The van der Waals surface area contributed by atoms with Crippen molar-refractivity contribution in [3.05, 3.63) is 34.9 Å². The van der Waals surface area contributed by atoms with Gasteiger partial charge in [-0.2, -0.15) is 0 Å². The predicted octanol–water partition coefficient (Wildman–Crippen LogP) is 2.49. The maximum Gasteiger partial charge on any atom is 0.323 e. The van der Waals surface area contributed by atoms with Gasteiger partial charge in [-0.1, -0.05) is 15.9 Å². The van der Waals surface area contributed by atoms with E-state index in [1.807, 2.05) is 24.3 Å². The largest absolute Gasteiger partial charge is 0.480 e. The number of benzene rings is 1. The molecule has 1 N–H and O–H groups in total. The molecular formula is C10H8BrNO2. The fourth-order valence-electron chi connectivity index (χ4n) is 1.45. The minimum Gasteiger partial charge on any atom is -0.480 e.